The van der Waals surface area contributed by atoms with E-state index < -0.39 is 4.92 Å². The first-order valence-corrected chi connectivity index (χ1v) is 7.99. The number of pyridine rings is 1. The van der Waals surface area contributed by atoms with Crippen molar-refractivity contribution in [3.05, 3.63) is 52.6 Å². The number of nitrogens with zero attached hydrogens (tertiary/aromatic N) is 3. The third kappa shape index (κ3) is 4.06. The Morgan fingerprint density at radius 2 is 1.92 bits per heavy atom. The number of hydrogen-bond acceptors (Lipinski definition) is 6. The molecule has 0 radical (unpaired) electrons. The fraction of sp³-hybridized carbons (Fsp3) is 0.353. The van der Waals surface area contributed by atoms with Gasteiger partial charge in [-0.3, -0.25) is 15.0 Å². The molecule has 0 atom stereocenters. The second-order valence-electron chi connectivity index (χ2n) is 5.57. The van der Waals surface area contributed by atoms with Crippen molar-refractivity contribution in [2.75, 3.05) is 44.7 Å². The third-order valence-corrected chi connectivity index (χ3v) is 3.96. The molecule has 1 aliphatic heterocycles. The Morgan fingerprint density at radius 1 is 1.17 bits per heavy atom. The smallest absolute Gasteiger partial charge is 0.295 e. The summed E-state index contributed by atoms with van der Waals surface area (Å²) < 4.78 is 5.33. The molecule has 0 spiro atoms. The summed E-state index contributed by atoms with van der Waals surface area (Å²) in [5.74, 6) is 0.646. The van der Waals surface area contributed by atoms with E-state index in [1.165, 1.54) is 6.07 Å². The van der Waals surface area contributed by atoms with Crippen molar-refractivity contribution >= 4 is 11.5 Å². The molecule has 2 aromatic rings. The summed E-state index contributed by atoms with van der Waals surface area (Å²) in [4.78, 5) is 17.6. The van der Waals surface area contributed by atoms with Crippen molar-refractivity contribution in [2.24, 2.45) is 0 Å². The number of ether oxygens (including phenoxy) is 1. The lowest BCUT2D eigenvalue weighted by atomic mass is 10.1. The summed E-state index contributed by atoms with van der Waals surface area (Å²) in [5, 5.41) is 14.5. The second kappa shape index (κ2) is 7.85. The summed E-state index contributed by atoms with van der Waals surface area (Å²) in [6.45, 7) is 5.04. The van der Waals surface area contributed by atoms with E-state index in [1.54, 1.807) is 6.07 Å². The molecule has 3 rings (SSSR count). The predicted octanol–water partition coefficient (Wildman–Crippen LogP) is 2.40. The third-order valence-electron chi connectivity index (χ3n) is 3.96. The minimum atomic E-state index is -0.396. The van der Waals surface area contributed by atoms with E-state index in [-0.39, 0.29) is 5.69 Å². The number of aromatic nitrogens is 1. The van der Waals surface area contributed by atoms with Crippen LogP contribution in [-0.4, -0.2) is 54.2 Å². The van der Waals surface area contributed by atoms with Crippen LogP contribution in [0.15, 0.2) is 42.5 Å². The highest BCUT2D eigenvalue weighted by Gasteiger charge is 2.17. The molecule has 0 unspecified atom stereocenters. The van der Waals surface area contributed by atoms with Crippen molar-refractivity contribution < 1.29 is 9.66 Å². The Morgan fingerprint density at radius 3 is 2.62 bits per heavy atom. The molecule has 7 heteroatoms. The van der Waals surface area contributed by atoms with Gasteiger partial charge in [-0.1, -0.05) is 30.3 Å². The number of morpholine rings is 1. The van der Waals surface area contributed by atoms with Gasteiger partial charge < -0.3 is 10.1 Å². The van der Waals surface area contributed by atoms with Gasteiger partial charge in [-0.2, -0.15) is 0 Å². The molecule has 1 N–H and O–H groups in total. The fourth-order valence-corrected chi connectivity index (χ4v) is 2.67. The van der Waals surface area contributed by atoms with Gasteiger partial charge in [0.25, 0.3) is 5.69 Å². The average Bonchev–Trinajstić information content (AvgIpc) is 2.63. The van der Waals surface area contributed by atoms with Crippen molar-refractivity contribution in [1.29, 1.82) is 0 Å². The summed E-state index contributed by atoms with van der Waals surface area (Å²) >= 11 is 0. The van der Waals surface area contributed by atoms with Crippen LogP contribution < -0.4 is 5.32 Å². The van der Waals surface area contributed by atoms with Gasteiger partial charge in [0.2, 0.25) is 0 Å². The molecule has 2 heterocycles. The highest BCUT2D eigenvalue weighted by atomic mass is 16.6. The maximum atomic E-state index is 11.3. The predicted molar refractivity (Wildman–Crippen MR) is 92.1 cm³/mol. The number of benzene rings is 1. The van der Waals surface area contributed by atoms with Gasteiger partial charge in [-0.05, 0) is 6.07 Å². The van der Waals surface area contributed by atoms with E-state index in [0.717, 1.165) is 45.0 Å². The molecule has 1 aromatic carbocycles. The molecule has 1 aliphatic rings. The topological polar surface area (TPSA) is 80.5 Å². The van der Waals surface area contributed by atoms with Crippen LogP contribution in [-0.2, 0) is 4.74 Å². The van der Waals surface area contributed by atoms with Crippen LogP contribution in [0.3, 0.4) is 0 Å². The van der Waals surface area contributed by atoms with Crippen LogP contribution in [0.5, 0.6) is 0 Å². The van der Waals surface area contributed by atoms with Crippen molar-refractivity contribution in [3.63, 3.8) is 0 Å². The summed E-state index contributed by atoms with van der Waals surface area (Å²) in [6, 6.07) is 12.4. The molecule has 0 amide bonds. The van der Waals surface area contributed by atoms with Crippen LogP contribution in [0.1, 0.15) is 0 Å². The van der Waals surface area contributed by atoms with Gasteiger partial charge in [0.05, 0.1) is 18.1 Å². The molecule has 24 heavy (non-hydrogen) atoms. The highest BCUT2D eigenvalue weighted by Crippen LogP contribution is 2.29. The second-order valence-corrected chi connectivity index (χ2v) is 5.57. The van der Waals surface area contributed by atoms with Crippen molar-refractivity contribution in [1.82, 2.24) is 9.88 Å². The van der Waals surface area contributed by atoms with Crippen LogP contribution in [0, 0.1) is 10.1 Å². The molecule has 1 saturated heterocycles. The zero-order valence-corrected chi connectivity index (χ0v) is 13.4. The zero-order chi connectivity index (χ0) is 16.8. The average molecular weight is 328 g/mol. The number of nitro groups is 1. The number of nitrogens with one attached hydrogen (secondary N) is 1. The lowest BCUT2D eigenvalue weighted by Gasteiger charge is -2.26. The molecular formula is C17H20N4O3. The fourth-order valence-electron chi connectivity index (χ4n) is 2.67. The molecular weight excluding hydrogens is 308 g/mol. The summed E-state index contributed by atoms with van der Waals surface area (Å²) in [5.41, 5.74) is 1.14. The summed E-state index contributed by atoms with van der Waals surface area (Å²) in [7, 11) is 0. The van der Waals surface area contributed by atoms with Gasteiger partial charge >= 0.3 is 0 Å². The quantitative estimate of drug-likeness (QED) is 0.648. The van der Waals surface area contributed by atoms with Crippen LogP contribution in [0.2, 0.25) is 0 Å². The van der Waals surface area contributed by atoms with E-state index in [2.05, 4.69) is 15.2 Å². The first-order chi connectivity index (χ1) is 11.7. The van der Waals surface area contributed by atoms with Gasteiger partial charge in [0, 0.05) is 37.8 Å². The van der Waals surface area contributed by atoms with E-state index in [1.807, 2.05) is 30.3 Å². The minimum absolute atomic E-state index is 0.0138. The molecule has 1 aromatic heterocycles. The van der Waals surface area contributed by atoms with Crippen LogP contribution in [0.4, 0.5) is 11.5 Å². The number of hydrogen-bond donors (Lipinski definition) is 1. The van der Waals surface area contributed by atoms with Crippen molar-refractivity contribution in [3.8, 4) is 11.3 Å². The minimum Gasteiger partial charge on any atom is -0.379 e. The first kappa shape index (κ1) is 16.4. The number of rotatable bonds is 6. The Balaban J connectivity index is 1.71. The lowest BCUT2D eigenvalue weighted by Crippen LogP contribution is -2.39. The van der Waals surface area contributed by atoms with Crippen molar-refractivity contribution in [2.45, 2.75) is 0 Å². The first-order valence-electron chi connectivity index (χ1n) is 7.99. The molecule has 126 valence electrons. The maximum Gasteiger partial charge on any atom is 0.295 e. The van der Waals surface area contributed by atoms with Gasteiger partial charge in [0.1, 0.15) is 5.82 Å². The lowest BCUT2D eigenvalue weighted by molar-refractivity contribution is -0.384. The Bertz CT molecular complexity index is 687. The highest BCUT2D eigenvalue weighted by molar-refractivity contribution is 5.71. The van der Waals surface area contributed by atoms with E-state index in [0.29, 0.717) is 11.5 Å². The van der Waals surface area contributed by atoms with Gasteiger partial charge in [-0.15, -0.1) is 0 Å². The Kier molecular flexibility index (Phi) is 5.35. The zero-order valence-electron chi connectivity index (χ0n) is 13.4. The normalized spacial score (nSPS) is 15.2. The van der Waals surface area contributed by atoms with E-state index in [4.69, 9.17) is 4.74 Å². The van der Waals surface area contributed by atoms with E-state index >= 15 is 0 Å². The summed E-state index contributed by atoms with van der Waals surface area (Å²) in [6.07, 6.45) is 0. The molecule has 0 saturated carbocycles. The molecule has 7 nitrogen and oxygen atoms in total. The van der Waals surface area contributed by atoms with Crippen LogP contribution >= 0.6 is 0 Å². The largest absolute Gasteiger partial charge is 0.379 e. The maximum absolute atomic E-state index is 11.3. The molecule has 0 bridgehead atoms. The Labute approximate surface area is 140 Å². The Hall–Kier alpha value is -2.51. The molecule has 1 fully saturated rings. The number of anilines is 1. The van der Waals surface area contributed by atoms with Crippen LogP contribution in [0.25, 0.3) is 11.3 Å². The molecule has 0 aliphatic carbocycles. The standard InChI is InChI=1S/C17H20N4O3/c22-21(23)15-6-7-16(18-8-9-20-10-12-24-13-11-20)19-17(15)14-4-2-1-3-5-14/h1-7H,8-13H2,(H,18,19). The van der Waals surface area contributed by atoms with E-state index in [9.17, 15) is 10.1 Å². The monoisotopic (exact) mass is 328 g/mol. The SMILES string of the molecule is O=[N+]([O-])c1ccc(NCCN2CCOCC2)nc1-c1ccccc1. The van der Waals surface area contributed by atoms with Gasteiger partial charge in [0.15, 0.2) is 5.69 Å². The van der Waals surface area contributed by atoms with Gasteiger partial charge in [-0.25, -0.2) is 4.98 Å².